The van der Waals surface area contributed by atoms with Crippen LogP contribution < -0.4 is 4.74 Å². The standard InChI is InChI=1S/C14H17F3O2/c1-8-6-11(19-5)10(13(2,3)4)7-9(8)12(18)14(15,16)17/h6-7H,1-5H3. The van der Waals surface area contributed by atoms with E-state index in [4.69, 9.17) is 4.74 Å². The highest BCUT2D eigenvalue weighted by atomic mass is 19.4. The topological polar surface area (TPSA) is 26.3 Å². The molecule has 0 aliphatic rings. The van der Waals surface area contributed by atoms with Crippen LogP contribution in [0.25, 0.3) is 0 Å². The van der Waals surface area contributed by atoms with Crippen molar-refractivity contribution in [1.82, 2.24) is 0 Å². The average Bonchev–Trinajstić information content (AvgIpc) is 2.24. The van der Waals surface area contributed by atoms with E-state index in [2.05, 4.69) is 0 Å². The number of Topliss-reactive ketones (excluding diaryl/α,β-unsaturated/α-hetero) is 1. The first kappa shape index (κ1) is 15.5. The Hall–Kier alpha value is -1.52. The molecule has 0 aliphatic carbocycles. The van der Waals surface area contributed by atoms with Gasteiger partial charge in [-0.15, -0.1) is 0 Å². The number of ether oxygens (including phenoxy) is 1. The van der Waals surface area contributed by atoms with E-state index < -0.39 is 17.4 Å². The van der Waals surface area contributed by atoms with E-state index in [1.54, 1.807) is 0 Å². The van der Waals surface area contributed by atoms with Gasteiger partial charge in [-0.25, -0.2) is 0 Å². The zero-order chi connectivity index (χ0) is 15.0. The molecule has 0 aliphatic heterocycles. The summed E-state index contributed by atoms with van der Waals surface area (Å²) in [5, 5.41) is 0. The van der Waals surface area contributed by atoms with Crippen molar-refractivity contribution in [3.8, 4) is 5.75 Å². The average molecular weight is 274 g/mol. The van der Waals surface area contributed by atoms with Crippen LogP contribution in [0.4, 0.5) is 13.2 Å². The fraction of sp³-hybridized carbons (Fsp3) is 0.500. The highest BCUT2D eigenvalue weighted by Crippen LogP contribution is 2.35. The number of methoxy groups -OCH3 is 1. The normalized spacial score (nSPS) is 12.4. The van der Waals surface area contributed by atoms with Gasteiger partial charge in [0.25, 0.3) is 5.78 Å². The van der Waals surface area contributed by atoms with Gasteiger partial charge >= 0.3 is 6.18 Å². The van der Waals surface area contributed by atoms with Crippen molar-refractivity contribution in [2.45, 2.75) is 39.3 Å². The molecule has 0 heterocycles. The summed E-state index contributed by atoms with van der Waals surface area (Å²) in [6.07, 6.45) is -4.87. The van der Waals surface area contributed by atoms with Gasteiger partial charge in [0.2, 0.25) is 0 Å². The lowest BCUT2D eigenvalue weighted by Gasteiger charge is -2.24. The second kappa shape index (κ2) is 4.87. The molecule has 19 heavy (non-hydrogen) atoms. The first-order valence-corrected chi connectivity index (χ1v) is 5.79. The summed E-state index contributed by atoms with van der Waals surface area (Å²) in [5.41, 5.74) is 0.0956. The summed E-state index contributed by atoms with van der Waals surface area (Å²) < 4.78 is 42.8. The van der Waals surface area contributed by atoms with Crippen molar-refractivity contribution in [1.29, 1.82) is 0 Å². The zero-order valence-electron chi connectivity index (χ0n) is 11.6. The van der Waals surface area contributed by atoms with Gasteiger partial charge in [-0.1, -0.05) is 20.8 Å². The van der Waals surface area contributed by atoms with Crippen molar-refractivity contribution in [3.05, 3.63) is 28.8 Å². The molecular formula is C14H17F3O2. The minimum atomic E-state index is -4.87. The Kier molecular flexibility index (Phi) is 3.98. The summed E-state index contributed by atoms with van der Waals surface area (Å²) in [4.78, 5) is 11.4. The van der Waals surface area contributed by atoms with Gasteiger partial charge < -0.3 is 4.74 Å². The minimum Gasteiger partial charge on any atom is -0.496 e. The number of ketones is 1. The minimum absolute atomic E-state index is 0.257. The zero-order valence-corrected chi connectivity index (χ0v) is 11.6. The largest absolute Gasteiger partial charge is 0.496 e. The van der Waals surface area contributed by atoms with Crippen molar-refractivity contribution in [2.24, 2.45) is 0 Å². The molecule has 0 N–H and O–H groups in total. The third kappa shape index (κ3) is 3.28. The molecule has 0 atom stereocenters. The van der Waals surface area contributed by atoms with E-state index in [9.17, 15) is 18.0 Å². The predicted molar refractivity (Wildman–Crippen MR) is 66.8 cm³/mol. The number of rotatable bonds is 2. The SMILES string of the molecule is COc1cc(C)c(C(=O)C(F)(F)F)cc1C(C)(C)C. The van der Waals surface area contributed by atoms with E-state index in [0.717, 1.165) is 0 Å². The molecule has 0 bridgehead atoms. The molecule has 106 valence electrons. The molecule has 0 radical (unpaired) electrons. The van der Waals surface area contributed by atoms with Gasteiger partial charge in [-0.05, 0) is 30.0 Å². The van der Waals surface area contributed by atoms with Gasteiger partial charge in [-0.3, -0.25) is 4.79 Å². The Morgan fingerprint density at radius 1 is 1.16 bits per heavy atom. The molecular weight excluding hydrogens is 257 g/mol. The number of alkyl halides is 3. The van der Waals surface area contributed by atoms with Crippen molar-refractivity contribution < 1.29 is 22.7 Å². The molecule has 1 rings (SSSR count). The maximum Gasteiger partial charge on any atom is 0.454 e. The first-order valence-electron chi connectivity index (χ1n) is 5.79. The number of benzene rings is 1. The van der Waals surface area contributed by atoms with Crippen LogP contribution in [-0.4, -0.2) is 19.1 Å². The second-order valence-electron chi connectivity index (χ2n) is 5.44. The number of carbonyl (C=O) groups is 1. The summed E-state index contributed by atoms with van der Waals surface area (Å²) >= 11 is 0. The van der Waals surface area contributed by atoms with Crippen LogP contribution in [0.15, 0.2) is 12.1 Å². The number of hydrogen-bond donors (Lipinski definition) is 0. The number of halogens is 3. The Labute approximate surface area is 110 Å². The number of hydrogen-bond acceptors (Lipinski definition) is 2. The first-order chi connectivity index (χ1) is 8.48. The smallest absolute Gasteiger partial charge is 0.454 e. The van der Waals surface area contributed by atoms with Crippen LogP contribution in [-0.2, 0) is 5.41 Å². The van der Waals surface area contributed by atoms with Crippen molar-refractivity contribution >= 4 is 5.78 Å². The van der Waals surface area contributed by atoms with Crippen molar-refractivity contribution in [3.63, 3.8) is 0 Å². The lowest BCUT2D eigenvalue weighted by atomic mass is 9.84. The van der Waals surface area contributed by atoms with E-state index in [1.165, 1.54) is 26.2 Å². The van der Waals surface area contributed by atoms with E-state index >= 15 is 0 Å². The predicted octanol–water partition coefficient (Wildman–Crippen LogP) is 4.05. The molecule has 0 amide bonds. The molecule has 2 nitrogen and oxygen atoms in total. The third-order valence-corrected chi connectivity index (χ3v) is 2.86. The van der Waals surface area contributed by atoms with Crippen molar-refractivity contribution in [2.75, 3.05) is 7.11 Å². The summed E-state index contributed by atoms with van der Waals surface area (Å²) in [5.74, 6) is -1.33. The summed E-state index contributed by atoms with van der Waals surface area (Å²) in [6.45, 7) is 7.01. The van der Waals surface area contributed by atoms with Crippen LogP contribution in [0.1, 0.15) is 42.3 Å². The molecule has 0 spiro atoms. The van der Waals surface area contributed by atoms with Crippen LogP contribution in [0.5, 0.6) is 5.75 Å². The molecule has 0 saturated carbocycles. The van der Waals surface area contributed by atoms with E-state index in [0.29, 0.717) is 11.3 Å². The maximum absolute atomic E-state index is 12.5. The molecule has 1 aromatic carbocycles. The van der Waals surface area contributed by atoms with E-state index in [1.807, 2.05) is 20.8 Å². The van der Waals surface area contributed by atoms with Crippen LogP contribution in [0.2, 0.25) is 0 Å². The fourth-order valence-corrected chi connectivity index (χ4v) is 1.83. The highest BCUT2D eigenvalue weighted by molar-refractivity contribution is 6.01. The molecule has 0 aromatic heterocycles. The van der Waals surface area contributed by atoms with Gasteiger partial charge in [0.1, 0.15) is 5.75 Å². The number of aryl methyl sites for hydroxylation is 1. The second-order valence-corrected chi connectivity index (χ2v) is 5.44. The Bertz CT molecular complexity index is 497. The van der Waals surface area contributed by atoms with Gasteiger partial charge in [-0.2, -0.15) is 13.2 Å². The molecule has 5 heteroatoms. The van der Waals surface area contributed by atoms with Gasteiger partial charge in [0, 0.05) is 11.1 Å². The Morgan fingerprint density at radius 3 is 2.05 bits per heavy atom. The molecule has 0 unspecified atom stereocenters. The fourth-order valence-electron chi connectivity index (χ4n) is 1.83. The maximum atomic E-state index is 12.5. The molecule has 1 aromatic rings. The quantitative estimate of drug-likeness (QED) is 0.761. The highest BCUT2D eigenvalue weighted by Gasteiger charge is 2.40. The lowest BCUT2D eigenvalue weighted by Crippen LogP contribution is -2.25. The van der Waals surface area contributed by atoms with Crippen LogP contribution in [0.3, 0.4) is 0 Å². The third-order valence-electron chi connectivity index (χ3n) is 2.86. The van der Waals surface area contributed by atoms with Gasteiger partial charge in [0.05, 0.1) is 7.11 Å². The Morgan fingerprint density at radius 2 is 1.68 bits per heavy atom. The molecule has 0 saturated heterocycles. The summed E-state index contributed by atoms with van der Waals surface area (Å²) in [6, 6.07) is 2.75. The van der Waals surface area contributed by atoms with E-state index in [-0.39, 0.29) is 11.1 Å². The lowest BCUT2D eigenvalue weighted by molar-refractivity contribution is -0.0885. The summed E-state index contributed by atoms with van der Waals surface area (Å²) in [7, 11) is 1.45. The monoisotopic (exact) mass is 274 g/mol. The van der Waals surface area contributed by atoms with Crippen LogP contribution >= 0.6 is 0 Å². The number of carbonyl (C=O) groups excluding carboxylic acids is 1. The Balaban J connectivity index is 3.49. The molecule has 0 fully saturated rings. The van der Waals surface area contributed by atoms with Crippen LogP contribution in [0, 0.1) is 6.92 Å². The van der Waals surface area contributed by atoms with Gasteiger partial charge in [0.15, 0.2) is 0 Å².